The molecule has 1 saturated heterocycles. The van der Waals surface area contributed by atoms with E-state index in [2.05, 4.69) is 19.2 Å². The normalized spacial score (nSPS) is 22.7. The molecular formula is C39H75NO8. The van der Waals surface area contributed by atoms with Crippen molar-refractivity contribution in [1.29, 1.82) is 0 Å². The molecule has 0 aromatic rings. The van der Waals surface area contributed by atoms with Gasteiger partial charge in [0.05, 0.1) is 25.4 Å². The third kappa shape index (κ3) is 21.9. The molecule has 9 nitrogen and oxygen atoms in total. The maximum Gasteiger partial charge on any atom is 0.220 e. The van der Waals surface area contributed by atoms with Crippen molar-refractivity contribution in [2.45, 2.75) is 217 Å². The van der Waals surface area contributed by atoms with E-state index in [9.17, 15) is 30.3 Å². The Labute approximate surface area is 293 Å². The number of hydrogen-bond acceptors (Lipinski definition) is 8. The van der Waals surface area contributed by atoms with Gasteiger partial charge in [0, 0.05) is 6.42 Å². The van der Waals surface area contributed by atoms with Gasteiger partial charge in [0.25, 0.3) is 0 Å². The van der Waals surface area contributed by atoms with Crippen molar-refractivity contribution in [3.8, 4) is 0 Å². The lowest BCUT2D eigenvalue weighted by atomic mass is 9.99. The van der Waals surface area contributed by atoms with Crippen LogP contribution in [0.15, 0.2) is 12.2 Å². The maximum absolute atomic E-state index is 12.9. The molecule has 1 aliphatic rings. The number of nitrogens with one attached hydrogen (secondary N) is 1. The van der Waals surface area contributed by atoms with Crippen LogP contribution in [0.2, 0.25) is 0 Å². The first-order valence-electron chi connectivity index (χ1n) is 19.9. The summed E-state index contributed by atoms with van der Waals surface area (Å²) in [6, 6.07) is -0.795. The highest BCUT2D eigenvalue weighted by Gasteiger charge is 2.44. The van der Waals surface area contributed by atoms with E-state index in [0.717, 1.165) is 38.5 Å². The third-order valence-electron chi connectivity index (χ3n) is 9.61. The van der Waals surface area contributed by atoms with Crippen molar-refractivity contribution in [3.63, 3.8) is 0 Å². The standard InChI is InChI=1S/C39H75NO8/c1-3-5-7-9-11-13-15-16-17-18-19-21-23-25-27-29-35(43)40-32(31-47-39-38(46)37(45)36(44)34(30-41)48-39)33(42)28-26-24-22-20-14-12-10-8-6-4-2/h26,28,32-34,36-39,41-42,44-46H,3-25,27,29-31H2,1-2H3,(H,40,43)/b28-26+/t32-,33+,34+,36+,37?,38?,39+/m0/s1. The van der Waals surface area contributed by atoms with E-state index in [1.807, 2.05) is 6.08 Å². The molecule has 1 amide bonds. The molecule has 0 aromatic heterocycles. The fourth-order valence-electron chi connectivity index (χ4n) is 6.33. The van der Waals surface area contributed by atoms with Crippen LogP contribution in [0.5, 0.6) is 0 Å². The van der Waals surface area contributed by atoms with Gasteiger partial charge in [-0.1, -0.05) is 161 Å². The van der Waals surface area contributed by atoms with E-state index < -0.39 is 49.5 Å². The first kappa shape index (κ1) is 45.0. The largest absolute Gasteiger partial charge is 0.394 e. The Morgan fingerprint density at radius 1 is 0.688 bits per heavy atom. The van der Waals surface area contributed by atoms with Gasteiger partial charge in [0.1, 0.15) is 24.4 Å². The Balaban J connectivity index is 2.41. The molecule has 1 rings (SSSR count). The van der Waals surface area contributed by atoms with E-state index in [1.165, 1.54) is 116 Å². The number of ether oxygens (including phenoxy) is 2. The molecule has 1 fully saturated rings. The molecule has 1 heterocycles. The molecule has 284 valence electrons. The van der Waals surface area contributed by atoms with Crippen LogP contribution in [0.25, 0.3) is 0 Å². The summed E-state index contributed by atoms with van der Waals surface area (Å²) in [4.78, 5) is 12.9. The van der Waals surface area contributed by atoms with Gasteiger partial charge in [-0.05, 0) is 19.3 Å². The minimum atomic E-state index is -1.56. The zero-order valence-electron chi connectivity index (χ0n) is 30.7. The summed E-state index contributed by atoms with van der Waals surface area (Å²) in [5.41, 5.74) is 0. The van der Waals surface area contributed by atoms with Crippen LogP contribution in [-0.4, -0.2) is 87.5 Å². The number of amides is 1. The zero-order chi connectivity index (χ0) is 35.2. The summed E-state index contributed by atoms with van der Waals surface area (Å²) < 4.78 is 11.1. The van der Waals surface area contributed by atoms with Gasteiger partial charge in [0.2, 0.25) is 5.91 Å². The second-order valence-electron chi connectivity index (χ2n) is 14.1. The van der Waals surface area contributed by atoms with E-state index in [1.54, 1.807) is 6.08 Å². The monoisotopic (exact) mass is 686 g/mol. The second-order valence-corrected chi connectivity index (χ2v) is 14.1. The Morgan fingerprint density at radius 2 is 1.15 bits per heavy atom. The number of carbonyl (C=O) groups excluding carboxylic acids is 1. The van der Waals surface area contributed by atoms with Crippen molar-refractivity contribution in [3.05, 3.63) is 12.2 Å². The number of hydrogen-bond donors (Lipinski definition) is 6. The Hall–Kier alpha value is -1.07. The molecule has 9 heteroatoms. The maximum atomic E-state index is 12.9. The molecule has 0 aromatic carbocycles. The fourth-order valence-corrected chi connectivity index (χ4v) is 6.33. The molecule has 1 aliphatic heterocycles. The summed E-state index contributed by atoms with van der Waals surface area (Å²) >= 11 is 0. The lowest BCUT2D eigenvalue weighted by Crippen LogP contribution is -2.60. The SMILES string of the molecule is CCCCCCCCCC/C=C/[C@@H](O)[C@H](CO[C@@H]1O[C@H](CO)[C@@H](O)C(O)C1O)NC(=O)CCCCCCCCCCCCCCCCC. The summed E-state index contributed by atoms with van der Waals surface area (Å²) in [5, 5.41) is 53.8. The van der Waals surface area contributed by atoms with Crippen LogP contribution in [0.3, 0.4) is 0 Å². The summed E-state index contributed by atoms with van der Waals surface area (Å²) in [6.45, 7) is 3.74. The molecule has 2 unspecified atom stereocenters. The van der Waals surface area contributed by atoms with Crippen molar-refractivity contribution in [1.82, 2.24) is 5.32 Å². The number of aliphatic hydroxyl groups is 5. The number of allylic oxidation sites excluding steroid dienone is 1. The van der Waals surface area contributed by atoms with Gasteiger partial charge < -0.3 is 40.3 Å². The third-order valence-corrected chi connectivity index (χ3v) is 9.61. The molecule has 7 atom stereocenters. The van der Waals surface area contributed by atoms with E-state index in [0.29, 0.717) is 6.42 Å². The molecular weight excluding hydrogens is 610 g/mol. The Morgan fingerprint density at radius 3 is 1.62 bits per heavy atom. The van der Waals surface area contributed by atoms with Crippen molar-refractivity contribution < 1.29 is 39.8 Å². The number of carbonyl (C=O) groups is 1. The van der Waals surface area contributed by atoms with Crippen LogP contribution >= 0.6 is 0 Å². The van der Waals surface area contributed by atoms with Gasteiger partial charge >= 0.3 is 0 Å². The smallest absolute Gasteiger partial charge is 0.220 e. The highest BCUT2D eigenvalue weighted by Crippen LogP contribution is 2.22. The topological polar surface area (TPSA) is 149 Å². The van der Waals surface area contributed by atoms with E-state index in [4.69, 9.17) is 9.47 Å². The van der Waals surface area contributed by atoms with Crippen LogP contribution in [0, 0.1) is 0 Å². The van der Waals surface area contributed by atoms with Crippen LogP contribution in [-0.2, 0) is 14.3 Å². The first-order valence-corrected chi connectivity index (χ1v) is 19.9. The van der Waals surface area contributed by atoms with Gasteiger partial charge in [-0.25, -0.2) is 0 Å². The summed E-state index contributed by atoms with van der Waals surface area (Å²) in [7, 11) is 0. The van der Waals surface area contributed by atoms with Crippen LogP contribution in [0.1, 0.15) is 174 Å². The van der Waals surface area contributed by atoms with Gasteiger partial charge in [-0.3, -0.25) is 4.79 Å². The predicted octanol–water partition coefficient (Wildman–Crippen LogP) is 7.00. The number of unbranched alkanes of at least 4 members (excludes halogenated alkanes) is 22. The summed E-state index contributed by atoms with van der Waals surface area (Å²) in [6.07, 6.45) is 25.4. The highest BCUT2D eigenvalue weighted by atomic mass is 16.7. The Kier molecular flexibility index (Phi) is 28.8. The average Bonchev–Trinajstić information content (AvgIpc) is 3.08. The van der Waals surface area contributed by atoms with Crippen molar-refractivity contribution >= 4 is 5.91 Å². The van der Waals surface area contributed by atoms with Crippen molar-refractivity contribution in [2.75, 3.05) is 13.2 Å². The van der Waals surface area contributed by atoms with E-state index >= 15 is 0 Å². The van der Waals surface area contributed by atoms with E-state index in [-0.39, 0.29) is 12.5 Å². The van der Waals surface area contributed by atoms with Gasteiger partial charge in [-0.15, -0.1) is 0 Å². The molecule has 0 saturated carbocycles. The number of aliphatic hydroxyl groups excluding tert-OH is 5. The highest BCUT2D eigenvalue weighted by molar-refractivity contribution is 5.76. The molecule has 0 bridgehead atoms. The fraction of sp³-hybridized carbons (Fsp3) is 0.923. The minimum Gasteiger partial charge on any atom is -0.394 e. The first-order chi connectivity index (χ1) is 23.3. The molecule has 0 radical (unpaired) electrons. The predicted molar refractivity (Wildman–Crippen MR) is 194 cm³/mol. The van der Waals surface area contributed by atoms with Gasteiger partial charge in [0.15, 0.2) is 6.29 Å². The second kappa shape index (κ2) is 30.7. The Bertz CT molecular complexity index is 766. The molecule has 0 aliphatic carbocycles. The lowest BCUT2D eigenvalue weighted by molar-refractivity contribution is -0.302. The number of rotatable bonds is 32. The van der Waals surface area contributed by atoms with Crippen molar-refractivity contribution in [2.24, 2.45) is 0 Å². The summed E-state index contributed by atoms with van der Waals surface area (Å²) in [5.74, 6) is -0.178. The molecule has 6 N–H and O–H groups in total. The quantitative estimate of drug-likeness (QED) is 0.0328. The zero-order valence-corrected chi connectivity index (χ0v) is 30.7. The lowest BCUT2D eigenvalue weighted by Gasteiger charge is -2.40. The average molecular weight is 686 g/mol. The molecule has 48 heavy (non-hydrogen) atoms. The van der Waals surface area contributed by atoms with Gasteiger partial charge in [-0.2, -0.15) is 0 Å². The van der Waals surface area contributed by atoms with Crippen LogP contribution in [0.4, 0.5) is 0 Å². The molecule has 0 spiro atoms. The minimum absolute atomic E-state index is 0.178. The van der Waals surface area contributed by atoms with Crippen LogP contribution < -0.4 is 5.32 Å².